The average Bonchev–Trinajstić information content (AvgIpc) is 2.28. The number of aliphatic hydroxyl groups excluding tert-OH is 1. The van der Waals surface area contributed by atoms with Crippen LogP contribution in [0.25, 0.3) is 0 Å². The average molecular weight is 235 g/mol. The van der Waals surface area contributed by atoms with Crippen LogP contribution in [0.2, 0.25) is 0 Å². The van der Waals surface area contributed by atoms with Crippen LogP contribution >= 0.6 is 0 Å². The molecule has 2 rings (SSSR count). The summed E-state index contributed by atoms with van der Waals surface area (Å²) in [5.74, 6) is 0. The Balaban J connectivity index is 2.03. The van der Waals surface area contributed by atoms with E-state index >= 15 is 0 Å². The molecule has 17 heavy (non-hydrogen) atoms. The first-order valence-corrected chi connectivity index (χ1v) is 6.23. The van der Waals surface area contributed by atoms with Crippen molar-refractivity contribution in [1.29, 1.82) is 0 Å². The summed E-state index contributed by atoms with van der Waals surface area (Å²) in [6.07, 6.45) is 0.856. The van der Waals surface area contributed by atoms with Crippen molar-refractivity contribution in [2.45, 2.75) is 25.6 Å². The standard InChI is InChI=1S/C14H21NO2/c1-11(16)9-15(2)10-14-13-6-4-3-5-12(13)7-8-17-14/h3-6,11,14,16H,7-10H2,1-2H3. The number of nitrogens with zero attached hydrogens (tertiary/aromatic N) is 1. The van der Waals surface area contributed by atoms with E-state index in [0.29, 0.717) is 6.54 Å². The zero-order valence-corrected chi connectivity index (χ0v) is 10.6. The quantitative estimate of drug-likeness (QED) is 0.860. The Kier molecular flexibility index (Phi) is 4.15. The highest BCUT2D eigenvalue weighted by molar-refractivity contribution is 5.31. The van der Waals surface area contributed by atoms with Crippen molar-refractivity contribution in [3.63, 3.8) is 0 Å². The van der Waals surface area contributed by atoms with Gasteiger partial charge in [-0.1, -0.05) is 24.3 Å². The maximum absolute atomic E-state index is 9.37. The van der Waals surface area contributed by atoms with Crippen LogP contribution < -0.4 is 0 Å². The molecule has 0 saturated heterocycles. The van der Waals surface area contributed by atoms with Crippen molar-refractivity contribution in [1.82, 2.24) is 4.90 Å². The summed E-state index contributed by atoms with van der Waals surface area (Å²) >= 11 is 0. The molecule has 2 atom stereocenters. The molecule has 0 fully saturated rings. The van der Waals surface area contributed by atoms with Gasteiger partial charge < -0.3 is 14.7 Å². The normalized spacial score (nSPS) is 21.3. The third-order valence-electron chi connectivity index (χ3n) is 3.15. The molecule has 0 aliphatic carbocycles. The van der Waals surface area contributed by atoms with Gasteiger partial charge in [0.1, 0.15) is 0 Å². The molecular weight excluding hydrogens is 214 g/mol. The minimum absolute atomic E-state index is 0.142. The lowest BCUT2D eigenvalue weighted by atomic mass is 9.97. The molecule has 1 heterocycles. The first-order valence-electron chi connectivity index (χ1n) is 6.23. The van der Waals surface area contributed by atoms with Gasteiger partial charge in [-0.2, -0.15) is 0 Å². The van der Waals surface area contributed by atoms with E-state index in [4.69, 9.17) is 4.74 Å². The van der Waals surface area contributed by atoms with Gasteiger partial charge in [0, 0.05) is 13.1 Å². The van der Waals surface area contributed by atoms with E-state index in [9.17, 15) is 5.11 Å². The first kappa shape index (κ1) is 12.6. The lowest BCUT2D eigenvalue weighted by Crippen LogP contribution is -2.33. The zero-order valence-electron chi connectivity index (χ0n) is 10.6. The molecule has 1 aliphatic rings. The van der Waals surface area contributed by atoms with Gasteiger partial charge in [-0.25, -0.2) is 0 Å². The lowest BCUT2D eigenvalue weighted by Gasteiger charge is -2.30. The Morgan fingerprint density at radius 3 is 3.00 bits per heavy atom. The van der Waals surface area contributed by atoms with Gasteiger partial charge in [0.05, 0.1) is 18.8 Å². The van der Waals surface area contributed by atoms with Crippen molar-refractivity contribution in [3.05, 3.63) is 35.4 Å². The van der Waals surface area contributed by atoms with Crippen molar-refractivity contribution in [3.8, 4) is 0 Å². The van der Waals surface area contributed by atoms with Crippen molar-refractivity contribution in [2.24, 2.45) is 0 Å². The summed E-state index contributed by atoms with van der Waals surface area (Å²) in [5, 5.41) is 9.37. The second-order valence-corrected chi connectivity index (χ2v) is 4.88. The van der Waals surface area contributed by atoms with Crippen molar-refractivity contribution in [2.75, 3.05) is 26.7 Å². The number of fused-ring (bicyclic) bond motifs is 1. The summed E-state index contributed by atoms with van der Waals surface area (Å²) in [4.78, 5) is 2.12. The Bertz CT molecular complexity index is 365. The van der Waals surface area contributed by atoms with Crippen LogP contribution in [0.3, 0.4) is 0 Å². The number of benzene rings is 1. The zero-order chi connectivity index (χ0) is 12.3. The molecule has 94 valence electrons. The van der Waals surface area contributed by atoms with Crippen LogP contribution in [0.4, 0.5) is 0 Å². The molecule has 1 aliphatic heterocycles. The van der Waals surface area contributed by atoms with Gasteiger partial charge in [-0.15, -0.1) is 0 Å². The fourth-order valence-electron chi connectivity index (χ4n) is 2.44. The Morgan fingerprint density at radius 2 is 2.24 bits per heavy atom. The maximum Gasteiger partial charge on any atom is 0.0954 e. The SMILES string of the molecule is CC(O)CN(C)CC1OCCc2ccccc21. The number of hydrogen-bond donors (Lipinski definition) is 1. The van der Waals surface area contributed by atoms with E-state index in [-0.39, 0.29) is 12.2 Å². The molecule has 3 nitrogen and oxygen atoms in total. The van der Waals surface area contributed by atoms with Crippen LogP contribution in [-0.4, -0.2) is 42.9 Å². The van der Waals surface area contributed by atoms with E-state index in [1.807, 2.05) is 14.0 Å². The van der Waals surface area contributed by atoms with Crippen molar-refractivity contribution < 1.29 is 9.84 Å². The number of rotatable bonds is 4. The van der Waals surface area contributed by atoms with Gasteiger partial charge in [0.15, 0.2) is 0 Å². The predicted octanol–water partition coefficient (Wildman–Crippen LogP) is 1.61. The summed E-state index contributed by atoms with van der Waals surface area (Å²) in [6, 6.07) is 8.48. The molecule has 3 heteroatoms. The highest BCUT2D eigenvalue weighted by atomic mass is 16.5. The van der Waals surface area contributed by atoms with E-state index in [2.05, 4.69) is 29.2 Å². The van der Waals surface area contributed by atoms with Crippen LogP contribution in [-0.2, 0) is 11.2 Å². The summed E-state index contributed by atoms with van der Waals surface area (Å²) < 4.78 is 5.83. The second-order valence-electron chi connectivity index (χ2n) is 4.88. The van der Waals surface area contributed by atoms with Crippen molar-refractivity contribution >= 4 is 0 Å². The molecule has 1 N–H and O–H groups in total. The molecule has 0 bridgehead atoms. The number of aliphatic hydroxyl groups is 1. The second kappa shape index (κ2) is 5.63. The number of likely N-dealkylation sites (N-methyl/N-ethyl adjacent to an activating group) is 1. The maximum atomic E-state index is 9.37. The third-order valence-corrected chi connectivity index (χ3v) is 3.15. The molecule has 0 aromatic heterocycles. The lowest BCUT2D eigenvalue weighted by molar-refractivity contribution is 0.0136. The summed E-state index contributed by atoms with van der Waals surface area (Å²) in [6.45, 7) is 4.13. The minimum atomic E-state index is -0.293. The Hall–Kier alpha value is -0.900. The molecule has 0 spiro atoms. The van der Waals surface area contributed by atoms with Crippen LogP contribution in [0.5, 0.6) is 0 Å². The topological polar surface area (TPSA) is 32.7 Å². The Labute approximate surface area is 103 Å². The molecular formula is C14H21NO2. The smallest absolute Gasteiger partial charge is 0.0954 e. The van der Waals surface area contributed by atoms with Gasteiger partial charge in [0.2, 0.25) is 0 Å². The molecule has 0 saturated carbocycles. The first-order chi connectivity index (χ1) is 8.16. The molecule has 0 radical (unpaired) electrons. The minimum Gasteiger partial charge on any atom is -0.392 e. The van der Waals surface area contributed by atoms with Gasteiger partial charge >= 0.3 is 0 Å². The number of ether oxygens (including phenoxy) is 1. The van der Waals surface area contributed by atoms with Gasteiger partial charge in [-0.3, -0.25) is 0 Å². The molecule has 2 unspecified atom stereocenters. The van der Waals surface area contributed by atoms with Crippen LogP contribution in [0, 0.1) is 0 Å². The predicted molar refractivity (Wildman–Crippen MR) is 68.0 cm³/mol. The van der Waals surface area contributed by atoms with E-state index in [1.165, 1.54) is 11.1 Å². The summed E-state index contributed by atoms with van der Waals surface area (Å²) in [7, 11) is 2.02. The fraction of sp³-hybridized carbons (Fsp3) is 0.571. The van der Waals surface area contributed by atoms with E-state index < -0.39 is 0 Å². The van der Waals surface area contributed by atoms with Crippen LogP contribution in [0.15, 0.2) is 24.3 Å². The van der Waals surface area contributed by atoms with Gasteiger partial charge in [0.25, 0.3) is 0 Å². The fourth-order valence-corrected chi connectivity index (χ4v) is 2.44. The van der Waals surface area contributed by atoms with E-state index in [0.717, 1.165) is 19.6 Å². The highest BCUT2D eigenvalue weighted by Gasteiger charge is 2.21. The van der Waals surface area contributed by atoms with Crippen LogP contribution in [0.1, 0.15) is 24.2 Å². The van der Waals surface area contributed by atoms with E-state index in [1.54, 1.807) is 0 Å². The molecule has 0 amide bonds. The van der Waals surface area contributed by atoms with Gasteiger partial charge in [-0.05, 0) is 31.5 Å². The Morgan fingerprint density at radius 1 is 1.47 bits per heavy atom. The summed E-state index contributed by atoms with van der Waals surface area (Å²) in [5.41, 5.74) is 2.70. The monoisotopic (exact) mass is 235 g/mol. The third kappa shape index (κ3) is 3.28. The molecule has 1 aromatic rings. The number of hydrogen-bond acceptors (Lipinski definition) is 3. The largest absolute Gasteiger partial charge is 0.392 e. The highest BCUT2D eigenvalue weighted by Crippen LogP contribution is 2.27. The molecule has 1 aromatic carbocycles.